The fourth-order valence-corrected chi connectivity index (χ4v) is 1.94. The Morgan fingerprint density at radius 3 is 2.88 bits per heavy atom. The molecule has 128 valence electrons. The average Bonchev–Trinajstić information content (AvgIpc) is 3.05. The Balaban J connectivity index is 2.10. The molecular weight excluding hydrogens is 312 g/mol. The van der Waals surface area contributed by atoms with Crippen molar-refractivity contribution in [2.75, 3.05) is 18.5 Å². The van der Waals surface area contributed by atoms with Gasteiger partial charge in [-0.3, -0.25) is 0 Å². The molecule has 1 heterocycles. The van der Waals surface area contributed by atoms with Crippen molar-refractivity contribution in [1.29, 1.82) is 0 Å². The number of esters is 1. The molecule has 8 nitrogen and oxygen atoms in total. The maximum atomic E-state index is 11.8. The van der Waals surface area contributed by atoms with Crippen molar-refractivity contribution in [3.8, 4) is 5.69 Å². The van der Waals surface area contributed by atoms with Gasteiger partial charge < -0.3 is 20.5 Å². The third-order valence-corrected chi connectivity index (χ3v) is 3.09. The first-order valence-electron chi connectivity index (χ1n) is 7.55. The highest BCUT2D eigenvalue weighted by atomic mass is 16.5. The van der Waals surface area contributed by atoms with Crippen LogP contribution in [-0.4, -0.2) is 46.1 Å². The minimum Gasteiger partial charge on any atom is -0.461 e. The van der Waals surface area contributed by atoms with Crippen LogP contribution in [-0.2, 0) is 4.74 Å². The number of anilines is 1. The van der Waals surface area contributed by atoms with E-state index in [1.807, 2.05) is 0 Å². The molecule has 0 spiro atoms. The maximum Gasteiger partial charge on any atom is 0.358 e. The standard InChI is InChI=1S/C16H20N4O4/c1-3-24-15(22)14-7-8-20(19-14)13-6-4-5-12(9-13)18-16(23)17-11(2)10-21/h4-9,11,21H,3,10H2,1-2H3,(H2,17,18,23)/t11-/m0/s1. The summed E-state index contributed by atoms with van der Waals surface area (Å²) in [7, 11) is 0. The summed E-state index contributed by atoms with van der Waals surface area (Å²) in [5.41, 5.74) is 1.45. The normalized spacial score (nSPS) is 11.6. The van der Waals surface area contributed by atoms with Crippen molar-refractivity contribution in [3.63, 3.8) is 0 Å². The quantitative estimate of drug-likeness (QED) is 0.696. The van der Waals surface area contributed by atoms with Gasteiger partial charge in [0.25, 0.3) is 0 Å². The van der Waals surface area contributed by atoms with Crippen LogP contribution in [0.5, 0.6) is 0 Å². The number of hydrogen-bond acceptors (Lipinski definition) is 5. The molecule has 3 N–H and O–H groups in total. The van der Waals surface area contributed by atoms with Crippen molar-refractivity contribution >= 4 is 17.7 Å². The lowest BCUT2D eigenvalue weighted by molar-refractivity contribution is 0.0519. The van der Waals surface area contributed by atoms with Gasteiger partial charge in [0.2, 0.25) is 0 Å². The van der Waals surface area contributed by atoms with Crippen molar-refractivity contribution in [2.24, 2.45) is 0 Å². The molecular formula is C16H20N4O4. The van der Waals surface area contributed by atoms with E-state index in [1.165, 1.54) is 4.68 Å². The van der Waals surface area contributed by atoms with Gasteiger partial charge in [-0.2, -0.15) is 5.10 Å². The van der Waals surface area contributed by atoms with Gasteiger partial charge in [-0.25, -0.2) is 14.3 Å². The van der Waals surface area contributed by atoms with Crippen molar-refractivity contribution < 1.29 is 19.4 Å². The van der Waals surface area contributed by atoms with E-state index in [-0.39, 0.29) is 24.9 Å². The van der Waals surface area contributed by atoms with E-state index in [0.717, 1.165) is 0 Å². The highest BCUT2D eigenvalue weighted by molar-refractivity contribution is 5.89. The molecule has 0 aliphatic carbocycles. The monoisotopic (exact) mass is 332 g/mol. The molecule has 0 aliphatic heterocycles. The van der Waals surface area contributed by atoms with E-state index in [4.69, 9.17) is 9.84 Å². The molecule has 2 amide bonds. The molecule has 1 aromatic carbocycles. The SMILES string of the molecule is CCOC(=O)c1ccn(-c2cccc(NC(=O)N[C@@H](C)CO)c2)n1. The predicted molar refractivity (Wildman–Crippen MR) is 88.2 cm³/mol. The zero-order valence-electron chi connectivity index (χ0n) is 13.5. The minimum absolute atomic E-state index is 0.141. The number of aromatic nitrogens is 2. The predicted octanol–water partition coefficient (Wildman–Crippen LogP) is 1.55. The summed E-state index contributed by atoms with van der Waals surface area (Å²) in [5, 5.41) is 18.4. The van der Waals surface area contributed by atoms with Gasteiger partial charge in [0.05, 0.1) is 24.9 Å². The van der Waals surface area contributed by atoms with Gasteiger partial charge in [-0.1, -0.05) is 6.07 Å². The number of nitrogens with one attached hydrogen (secondary N) is 2. The number of urea groups is 1. The first-order chi connectivity index (χ1) is 11.5. The van der Waals surface area contributed by atoms with Crippen molar-refractivity contribution in [3.05, 3.63) is 42.2 Å². The largest absolute Gasteiger partial charge is 0.461 e. The number of amides is 2. The first-order valence-corrected chi connectivity index (χ1v) is 7.55. The topological polar surface area (TPSA) is 105 Å². The molecule has 1 aromatic heterocycles. The van der Waals surface area contributed by atoms with Crippen LogP contribution in [0.15, 0.2) is 36.5 Å². The minimum atomic E-state index is -0.483. The van der Waals surface area contributed by atoms with Gasteiger partial charge >= 0.3 is 12.0 Å². The molecule has 0 fully saturated rings. The van der Waals surface area contributed by atoms with E-state index < -0.39 is 12.0 Å². The third kappa shape index (κ3) is 4.56. The summed E-state index contributed by atoms with van der Waals surface area (Å²) in [4.78, 5) is 23.4. The number of ether oxygens (including phenoxy) is 1. The lowest BCUT2D eigenvalue weighted by atomic mass is 10.3. The van der Waals surface area contributed by atoms with Gasteiger partial charge in [0.1, 0.15) is 0 Å². The van der Waals surface area contributed by atoms with Crippen LogP contribution in [0.25, 0.3) is 5.69 Å². The molecule has 0 saturated carbocycles. The second-order valence-corrected chi connectivity index (χ2v) is 5.10. The van der Waals surface area contributed by atoms with E-state index in [9.17, 15) is 9.59 Å². The number of hydrogen-bond donors (Lipinski definition) is 3. The number of carbonyl (C=O) groups is 2. The van der Waals surface area contributed by atoms with Gasteiger partial charge in [-0.15, -0.1) is 0 Å². The Hall–Kier alpha value is -2.87. The maximum absolute atomic E-state index is 11.8. The van der Waals surface area contributed by atoms with E-state index in [0.29, 0.717) is 11.4 Å². The summed E-state index contributed by atoms with van der Waals surface area (Å²) in [6.45, 7) is 3.56. The molecule has 8 heteroatoms. The van der Waals surface area contributed by atoms with Crippen molar-refractivity contribution in [1.82, 2.24) is 15.1 Å². The number of benzene rings is 1. The lowest BCUT2D eigenvalue weighted by Gasteiger charge is -2.12. The van der Waals surface area contributed by atoms with E-state index in [1.54, 1.807) is 50.4 Å². The van der Waals surface area contributed by atoms with E-state index in [2.05, 4.69) is 15.7 Å². The lowest BCUT2D eigenvalue weighted by Crippen LogP contribution is -2.38. The highest BCUT2D eigenvalue weighted by Crippen LogP contribution is 2.15. The van der Waals surface area contributed by atoms with Crippen molar-refractivity contribution in [2.45, 2.75) is 19.9 Å². The first kappa shape index (κ1) is 17.5. The van der Waals surface area contributed by atoms with E-state index >= 15 is 0 Å². The molecule has 1 atom stereocenters. The van der Waals surface area contributed by atoms with Crippen LogP contribution >= 0.6 is 0 Å². The molecule has 2 rings (SSSR count). The van der Waals surface area contributed by atoms with Crippen LogP contribution in [0.3, 0.4) is 0 Å². The molecule has 0 unspecified atom stereocenters. The zero-order valence-corrected chi connectivity index (χ0v) is 13.5. The van der Waals surface area contributed by atoms with Crippen LogP contribution in [0, 0.1) is 0 Å². The van der Waals surface area contributed by atoms with Crippen LogP contribution in [0.1, 0.15) is 24.3 Å². The second kappa shape index (κ2) is 8.11. The third-order valence-electron chi connectivity index (χ3n) is 3.09. The summed E-state index contributed by atoms with van der Waals surface area (Å²) < 4.78 is 6.42. The molecule has 0 aliphatic rings. The Morgan fingerprint density at radius 2 is 2.17 bits per heavy atom. The molecule has 0 bridgehead atoms. The smallest absolute Gasteiger partial charge is 0.358 e. The van der Waals surface area contributed by atoms with Gasteiger partial charge in [-0.05, 0) is 38.1 Å². The average molecular weight is 332 g/mol. The summed E-state index contributed by atoms with van der Waals surface area (Å²) >= 11 is 0. The summed E-state index contributed by atoms with van der Waals surface area (Å²) in [5.74, 6) is -0.483. The fourth-order valence-electron chi connectivity index (χ4n) is 1.94. The van der Waals surface area contributed by atoms with Crippen LogP contribution < -0.4 is 10.6 Å². The number of aliphatic hydroxyl groups is 1. The Morgan fingerprint density at radius 1 is 1.38 bits per heavy atom. The van der Waals surface area contributed by atoms with Gasteiger partial charge in [0.15, 0.2) is 5.69 Å². The molecule has 0 saturated heterocycles. The Bertz CT molecular complexity index is 714. The number of rotatable bonds is 6. The number of nitrogens with zero attached hydrogens (tertiary/aromatic N) is 2. The number of carbonyl (C=O) groups excluding carboxylic acids is 2. The van der Waals surface area contributed by atoms with Crippen LogP contribution in [0.4, 0.5) is 10.5 Å². The number of aliphatic hydroxyl groups excluding tert-OH is 1. The summed E-state index contributed by atoms with van der Waals surface area (Å²) in [6, 6.07) is 7.79. The Labute approximate surface area is 139 Å². The highest BCUT2D eigenvalue weighted by Gasteiger charge is 2.11. The zero-order chi connectivity index (χ0) is 17.5. The van der Waals surface area contributed by atoms with Gasteiger partial charge in [0, 0.05) is 11.9 Å². The molecule has 24 heavy (non-hydrogen) atoms. The second-order valence-electron chi connectivity index (χ2n) is 5.10. The molecule has 0 radical (unpaired) electrons. The van der Waals surface area contributed by atoms with Crippen LogP contribution in [0.2, 0.25) is 0 Å². The molecule has 2 aromatic rings. The Kier molecular flexibility index (Phi) is 5.91. The summed E-state index contributed by atoms with van der Waals surface area (Å²) in [6.07, 6.45) is 1.64. The fraction of sp³-hybridized carbons (Fsp3) is 0.312.